The maximum absolute atomic E-state index is 11.9. The highest BCUT2D eigenvalue weighted by molar-refractivity contribution is 5.80. The number of hydrogen-bond acceptors (Lipinski definition) is 4. The molecule has 0 radical (unpaired) electrons. The summed E-state index contributed by atoms with van der Waals surface area (Å²) in [4.78, 5) is 14.2. The smallest absolute Gasteiger partial charge is 0.327 e. The van der Waals surface area contributed by atoms with Crippen LogP contribution in [0.4, 0.5) is 0 Å². The minimum Gasteiger partial charge on any atom is -0.465 e. The lowest BCUT2D eigenvalue weighted by atomic mass is 9.77. The van der Waals surface area contributed by atoms with Gasteiger partial charge in [-0.1, -0.05) is 20.8 Å². The van der Waals surface area contributed by atoms with E-state index in [9.17, 15) is 4.79 Å². The fourth-order valence-corrected chi connectivity index (χ4v) is 3.01. The highest BCUT2D eigenvalue weighted by Gasteiger charge is 2.34. The van der Waals surface area contributed by atoms with E-state index in [1.165, 1.54) is 19.3 Å². The fraction of sp³-hybridized carbons (Fsp3) is 0.938. The molecule has 2 atom stereocenters. The Morgan fingerprint density at radius 1 is 1.25 bits per heavy atom. The van der Waals surface area contributed by atoms with Crippen molar-refractivity contribution >= 4 is 5.97 Å². The van der Waals surface area contributed by atoms with Crippen molar-refractivity contribution in [2.75, 3.05) is 26.2 Å². The first-order valence-corrected chi connectivity index (χ1v) is 7.85. The maximum Gasteiger partial charge on any atom is 0.327 e. The van der Waals surface area contributed by atoms with Gasteiger partial charge in [0.15, 0.2) is 0 Å². The molecule has 20 heavy (non-hydrogen) atoms. The van der Waals surface area contributed by atoms with Gasteiger partial charge < -0.3 is 15.4 Å². The molecule has 1 aliphatic rings. The summed E-state index contributed by atoms with van der Waals surface area (Å²) in [5, 5.41) is 0. The number of ether oxygens (including phenoxy) is 1. The number of rotatable bonds is 4. The van der Waals surface area contributed by atoms with Crippen molar-refractivity contribution in [3.05, 3.63) is 0 Å². The lowest BCUT2D eigenvalue weighted by Crippen LogP contribution is -2.54. The van der Waals surface area contributed by atoms with Crippen LogP contribution >= 0.6 is 0 Å². The predicted molar refractivity (Wildman–Crippen MR) is 82.5 cm³/mol. The van der Waals surface area contributed by atoms with Gasteiger partial charge in [-0.05, 0) is 57.5 Å². The molecule has 4 heteroatoms. The highest BCUT2D eigenvalue weighted by atomic mass is 16.5. The van der Waals surface area contributed by atoms with Gasteiger partial charge >= 0.3 is 5.97 Å². The molecule has 4 nitrogen and oxygen atoms in total. The molecule has 0 amide bonds. The third kappa shape index (κ3) is 5.06. The Bertz CT molecular complexity index is 321. The lowest BCUT2D eigenvalue weighted by Gasteiger charge is -2.31. The molecule has 0 saturated carbocycles. The number of hydrogen-bond donors (Lipinski definition) is 1. The zero-order valence-electron chi connectivity index (χ0n) is 13.9. The number of nitrogens with zero attached hydrogens (tertiary/aromatic N) is 1. The summed E-state index contributed by atoms with van der Waals surface area (Å²) in [5.41, 5.74) is 5.59. The summed E-state index contributed by atoms with van der Waals surface area (Å²) in [6, 6.07) is 0. The van der Waals surface area contributed by atoms with Crippen molar-refractivity contribution in [1.82, 2.24) is 4.90 Å². The monoisotopic (exact) mass is 284 g/mol. The van der Waals surface area contributed by atoms with E-state index in [0.29, 0.717) is 18.6 Å². The van der Waals surface area contributed by atoms with Crippen molar-refractivity contribution in [1.29, 1.82) is 0 Å². The van der Waals surface area contributed by atoms with E-state index in [1.807, 2.05) is 6.92 Å². The van der Waals surface area contributed by atoms with Crippen molar-refractivity contribution < 1.29 is 9.53 Å². The van der Waals surface area contributed by atoms with Crippen molar-refractivity contribution in [3.63, 3.8) is 0 Å². The van der Waals surface area contributed by atoms with Gasteiger partial charge in [0.1, 0.15) is 5.54 Å². The molecule has 0 aliphatic carbocycles. The van der Waals surface area contributed by atoms with Crippen LogP contribution in [-0.4, -0.2) is 42.6 Å². The van der Waals surface area contributed by atoms with Crippen molar-refractivity contribution in [3.8, 4) is 0 Å². The van der Waals surface area contributed by atoms with E-state index < -0.39 is 5.54 Å². The fourth-order valence-electron chi connectivity index (χ4n) is 3.01. The molecule has 1 saturated heterocycles. The zero-order valence-corrected chi connectivity index (χ0v) is 13.9. The van der Waals surface area contributed by atoms with Crippen LogP contribution in [0.25, 0.3) is 0 Å². The third-order valence-corrected chi connectivity index (χ3v) is 4.34. The van der Waals surface area contributed by atoms with E-state index in [2.05, 4.69) is 25.7 Å². The predicted octanol–water partition coefficient (Wildman–Crippen LogP) is 2.42. The highest BCUT2D eigenvalue weighted by Crippen LogP contribution is 2.34. The van der Waals surface area contributed by atoms with Gasteiger partial charge in [-0.2, -0.15) is 0 Å². The minimum absolute atomic E-state index is 0.295. The Labute approximate surface area is 124 Å². The van der Waals surface area contributed by atoms with E-state index in [-0.39, 0.29) is 5.97 Å². The number of carbonyl (C=O) groups excluding carboxylic acids is 1. The summed E-state index contributed by atoms with van der Waals surface area (Å²) in [6.45, 7) is 13.6. The average molecular weight is 284 g/mol. The van der Waals surface area contributed by atoms with Gasteiger partial charge in [-0.15, -0.1) is 0 Å². The number of nitrogens with two attached hydrogens (primary N) is 1. The van der Waals surface area contributed by atoms with Crippen molar-refractivity contribution in [2.24, 2.45) is 17.1 Å². The first kappa shape index (κ1) is 17.4. The van der Waals surface area contributed by atoms with Crippen LogP contribution in [0.3, 0.4) is 0 Å². The standard InChI is InChI=1S/C16H32N2O2/c1-6-20-14(19)16(5,17)12-18-10-7-8-13(9-11-18)15(2,3)4/h13H,6-12,17H2,1-5H3. The van der Waals surface area contributed by atoms with Gasteiger partial charge in [0.25, 0.3) is 0 Å². The first-order chi connectivity index (χ1) is 9.16. The Hall–Kier alpha value is -0.610. The molecule has 2 N–H and O–H groups in total. The molecule has 2 unspecified atom stereocenters. The molecule has 118 valence electrons. The summed E-state index contributed by atoms with van der Waals surface area (Å²) in [7, 11) is 0. The molecule has 1 aliphatic heterocycles. The van der Waals surface area contributed by atoms with E-state index in [4.69, 9.17) is 10.5 Å². The van der Waals surface area contributed by atoms with Gasteiger partial charge in [-0.3, -0.25) is 4.79 Å². The second-order valence-electron chi connectivity index (χ2n) is 7.41. The SMILES string of the molecule is CCOC(=O)C(C)(N)CN1CCCC(C(C)(C)C)CC1. The number of likely N-dealkylation sites (tertiary alicyclic amines) is 1. The van der Waals surface area contributed by atoms with Crippen LogP contribution in [0.1, 0.15) is 53.9 Å². The third-order valence-electron chi connectivity index (χ3n) is 4.34. The maximum atomic E-state index is 11.9. The van der Waals surface area contributed by atoms with Gasteiger partial charge in [0.2, 0.25) is 0 Å². The molecular weight excluding hydrogens is 252 g/mol. The molecule has 1 fully saturated rings. The zero-order chi connectivity index (χ0) is 15.4. The minimum atomic E-state index is -0.905. The van der Waals surface area contributed by atoms with Crippen LogP contribution in [-0.2, 0) is 9.53 Å². The lowest BCUT2D eigenvalue weighted by molar-refractivity contribution is -0.149. The van der Waals surface area contributed by atoms with E-state index in [1.54, 1.807) is 6.92 Å². The topological polar surface area (TPSA) is 55.6 Å². The normalized spacial score (nSPS) is 24.8. The molecule has 0 spiro atoms. The molecule has 0 bridgehead atoms. The molecule has 1 heterocycles. The van der Waals surface area contributed by atoms with Crippen LogP contribution in [0.5, 0.6) is 0 Å². The summed E-state index contributed by atoms with van der Waals surface area (Å²) in [6.07, 6.45) is 3.63. The summed E-state index contributed by atoms with van der Waals surface area (Å²) >= 11 is 0. The van der Waals surface area contributed by atoms with Crippen LogP contribution in [0.2, 0.25) is 0 Å². The van der Waals surface area contributed by atoms with E-state index in [0.717, 1.165) is 19.0 Å². The Kier molecular flexibility index (Phi) is 6.02. The quantitative estimate of drug-likeness (QED) is 0.806. The Balaban J connectivity index is 2.55. The second-order valence-corrected chi connectivity index (χ2v) is 7.41. The molecule has 1 rings (SSSR count). The molecule has 0 aromatic heterocycles. The molecule has 0 aromatic rings. The first-order valence-electron chi connectivity index (χ1n) is 7.85. The van der Waals surface area contributed by atoms with E-state index >= 15 is 0 Å². The van der Waals surface area contributed by atoms with Crippen LogP contribution in [0.15, 0.2) is 0 Å². The van der Waals surface area contributed by atoms with Crippen LogP contribution < -0.4 is 5.73 Å². The number of carbonyl (C=O) groups is 1. The Morgan fingerprint density at radius 3 is 2.45 bits per heavy atom. The van der Waals surface area contributed by atoms with Gasteiger partial charge in [0.05, 0.1) is 6.61 Å². The number of esters is 1. The summed E-state index contributed by atoms with van der Waals surface area (Å²) < 4.78 is 5.06. The molecule has 0 aromatic carbocycles. The largest absolute Gasteiger partial charge is 0.465 e. The van der Waals surface area contributed by atoms with Gasteiger partial charge in [0, 0.05) is 6.54 Å². The second kappa shape index (κ2) is 6.90. The van der Waals surface area contributed by atoms with Gasteiger partial charge in [-0.25, -0.2) is 0 Å². The van der Waals surface area contributed by atoms with Crippen molar-refractivity contribution in [2.45, 2.75) is 59.4 Å². The molecular formula is C16H32N2O2. The average Bonchev–Trinajstić information content (AvgIpc) is 2.53. The summed E-state index contributed by atoms with van der Waals surface area (Å²) in [5.74, 6) is 0.454. The Morgan fingerprint density at radius 2 is 1.90 bits per heavy atom. The van der Waals surface area contributed by atoms with Crippen LogP contribution in [0, 0.1) is 11.3 Å².